The van der Waals surface area contributed by atoms with E-state index < -0.39 is 0 Å². The Bertz CT molecular complexity index is 421. The normalized spacial score (nSPS) is 11.4. The standard InChI is InChI=1S/C23H41NO4/c1-2-3-4-5-6-7-8-9-10-11-12-13-14-15-16-17-23(27)28-21-19-24(22-26)18-20-25/h6-7,9-10,22,25H,2-5,8,11-21H2,1H3/b7-6-,10-9-. The predicted octanol–water partition coefficient (Wildman–Crippen LogP) is 4.79. The van der Waals surface area contributed by atoms with Gasteiger partial charge in [-0.2, -0.15) is 0 Å². The lowest BCUT2D eigenvalue weighted by atomic mass is 10.1. The summed E-state index contributed by atoms with van der Waals surface area (Å²) in [5.41, 5.74) is 0. The van der Waals surface area contributed by atoms with Crippen LogP contribution in [0.4, 0.5) is 0 Å². The number of nitrogens with zero attached hydrogens (tertiary/aromatic N) is 1. The van der Waals surface area contributed by atoms with E-state index in [1.54, 1.807) is 0 Å². The molecule has 1 N–H and O–H groups in total. The van der Waals surface area contributed by atoms with E-state index in [2.05, 4.69) is 31.2 Å². The third kappa shape index (κ3) is 19.2. The number of carbonyl (C=O) groups is 2. The summed E-state index contributed by atoms with van der Waals surface area (Å²) in [6, 6.07) is 0. The smallest absolute Gasteiger partial charge is 0.305 e. The first kappa shape index (κ1) is 26.4. The first-order valence-electron chi connectivity index (χ1n) is 11.0. The number of ether oxygens (including phenoxy) is 1. The maximum Gasteiger partial charge on any atom is 0.305 e. The summed E-state index contributed by atoms with van der Waals surface area (Å²) in [5, 5.41) is 8.76. The van der Waals surface area contributed by atoms with Crippen LogP contribution in [0.2, 0.25) is 0 Å². The fourth-order valence-electron chi connectivity index (χ4n) is 2.78. The second kappa shape index (κ2) is 21.7. The number of amides is 1. The minimum Gasteiger partial charge on any atom is -0.464 e. The van der Waals surface area contributed by atoms with E-state index in [1.807, 2.05) is 0 Å². The van der Waals surface area contributed by atoms with Gasteiger partial charge >= 0.3 is 5.97 Å². The maximum atomic E-state index is 11.6. The van der Waals surface area contributed by atoms with E-state index in [-0.39, 0.29) is 25.7 Å². The van der Waals surface area contributed by atoms with Crippen molar-refractivity contribution in [1.82, 2.24) is 4.90 Å². The van der Waals surface area contributed by atoms with Crippen LogP contribution in [0, 0.1) is 0 Å². The van der Waals surface area contributed by atoms with E-state index in [0.29, 0.717) is 19.4 Å². The first-order chi connectivity index (χ1) is 13.7. The lowest BCUT2D eigenvalue weighted by Gasteiger charge is -2.15. The maximum absolute atomic E-state index is 11.6. The number of allylic oxidation sites excluding steroid dienone is 4. The molecular weight excluding hydrogens is 354 g/mol. The van der Waals surface area contributed by atoms with Crippen molar-refractivity contribution in [3.8, 4) is 0 Å². The fourth-order valence-corrected chi connectivity index (χ4v) is 2.78. The van der Waals surface area contributed by atoms with Crippen LogP contribution < -0.4 is 0 Å². The molecule has 0 aliphatic rings. The Morgan fingerprint density at radius 2 is 1.54 bits per heavy atom. The van der Waals surface area contributed by atoms with Crippen molar-refractivity contribution in [2.75, 3.05) is 26.3 Å². The van der Waals surface area contributed by atoms with Crippen LogP contribution in [0.15, 0.2) is 24.3 Å². The first-order valence-corrected chi connectivity index (χ1v) is 11.0. The van der Waals surface area contributed by atoms with Crippen molar-refractivity contribution in [3.63, 3.8) is 0 Å². The molecule has 162 valence electrons. The van der Waals surface area contributed by atoms with Gasteiger partial charge in [0.1, 0.15) is 6.61 Å². The number of hydrogen-bond acceptors (Lipinski definition) is 4. The van der Waals surface area contributed by atoms with Crippen LogP contribution in [0.1, 0.15) is 84.0 Å². The van der Waals surface area contributed by atoms with Crippen molar-refractivity contribution in [1.29, 1.82) is 0 Å². The molecule has 5 heteroatoms. The molecule has 0 atom stereocenters. The van der Waals surface area contributed by atoms with Gasteiger partial charge < -0.3 is 14.7 Å². The number of rotatable bonds is 20. The lowest BCUT2D eigenvalue weighted by molar-refractivity contribution is -0.144. The Labute approximate surface area is 171 Å². The Kier molecular flexibility index (Phi) is 20.4. The van der Waals surface area contributed by atoms with Crippen LogP contribution in [-0.2, 0) is 14.3 Å². The minimum absolute atomic E-state index is 0.0847. The average molecular weight is 396 g/mol. The predicted molar refractivity (Wildman–Crippen MR) is 115 cm³/mol. The van der Waals surface area contributed by atoms with Gasteiger partial charge in [0, 0.05) is 13.0 Å². The van der Waals surface area contributed by atoms with E-state index in [9.17, 15) is 9.59 Å². The molecule has 0 aliphatic carbocycles. The van der Waals surface area contributed by atoms with Gasteiger partial charge in [-0.15, -0.1) is 0 Å². The van der Waals surface area contributed by atoms with Crippen molar-refractivity contribution in [2.24, 2.45) is 0 Å². The molecule has 0 saturated heterocycles. The Morgan fingerprint density at radius 1 is 0.893 bits per heavy atom. The fraction of sp³-hybridized carbons (Fsp3) is 0.739. The highest BCUT2D eigenvalue weighted by Crippen LogP contribution is 2.08. The Morgan fingerprint density at radius 3 is 2.18 bits per heavy atom. The van der Waals surface area contributed by atoms with Gasteiger partial charge in [0.25, 0.3) is 0 Å². The zero-order chi connectivity index (χ0) is 20.7. The van der Waals surface area contributed by atoms with Crippen LogP contribution in [0.3, 0.4) is 0 Å². The third-order valence-corrected chi connectivity index (χ3v) is 4.51. The summed E-state index contributed by atoms with van der Waals surface area (Å²) in [7, 11) is 0. The number of carbonyl (C=O) groups excluding carboxylic acids is 2. The highest BCUT2D eigenvalue weighted by atomic mass is 16.5. The van der Waals surface area contributed by atoms with Gasteiger partial charge in [0.05, 0.1) is 13.2 Å². The molecule has 0 heterocycles. The van der Waals surface area contributed by atoms with E-state index >= 15 is 0 Å². The van der Waals surface area contributed by atoms with Crippen molar-refractivity contribution >= 4 is 12.4 Å². The molecular formula is C23H41NO4. The van der Waals surface area contributed by atoms with E-state index in [0.717, 1.165) is 32.1 Å². The van der Waals surface area contributed by atoms with Gasteiger partial charge in [0.15, 0.2) is 0 Å². The summed E-state index contributed by atoms with van der Waals surface area (Å²) >= 11 is 0. The van der Waals surface area contributed by atoms with Crippen molar-refractivity contribution in [3.05, 3.63) is 24.3 Å². The van der Waals surface area contributed by atoms with Crippen molar-refractivity contribution < 1.29 is 19.4 Å². The van der Waals surface area contributed by atoms with Crippen LogP contribution >= 0.6 is 0 Å². The molecule has 0 aliphatic heterocycles. The zero-order valence-electron chi connectivity index (χ0n) is 17.8. The second-order valence-electron chi connectivity index (χ2n) is 7.07. The number of unbranched alkanes of at least 4 members (excludes halogenated alkanes) is 8. The Balaban J connectivity index is 3.39. The van der Waals surface area contributed by atoms with Crippen LogP contribution in [-0.4, -0.2) is 48.7 Å². The average Bonchev–Trinajstić information content (AvgIpc) is 2.70. The molecule has 0 fully saturated rings. The van der Waals surface area contributed by atoms with Crippen LogP contribution in [0.5, 0.6) is 0 Å². The lowest BCUT2D eigenvalue weighted by Crippen LogP contribution is -2.29. The van der Waals surface area contributed by atoms with Gasteiger partial charge in [-0.25, -0.2) is 0 Å². The largest absolute Gasteiger partial charge is 0.464 e. The molecule has 0 unspecified atom stereocenters. The van der Waals surface area contributed by atoms with E-state index in [1.165, 1.54) is 43.4 Å². The summed E-state index contributed by atoms with van der Waals surface area (Å²) in [6.45, 7) is 2.94. The highest BCUT2D eigenvalue weighted by Gasteiger charge is 2.05. The molecule has 0 radical (unpaired) electrons. The Hall–Kier alpha value is -1.62. The SMILES string of the molecule is CCCCC/C=C\C/C=C\CCCCCCCC(=O)OCCN(C=O)CCO. The molecule has 0 aromatic carbocycles. The molecule has 0 spiro atoms. The molecule has 0 aromatic heterocycles. The molecule has 0 aromatic rings. The monoisotopic (exact) mass is 395 g/mol. The van der Waals surface area contributed by atoms with Crippen molar-refractivity contribution in [2.45, 2.75) is 84.0 Å². The van der Waals surface area contributed by atoms with Gasteiger partial charge in [-0.05, 0) is 38.5 Å². The summed E-state index contributed by atoms with van der Waals surface area (Å²) < 4.78 is 5.10. The highest BCUT2D eigenvalue weighted by molar-refractivity contribution is 5.69. The third-order valence-electron chi connectivity index (χ3n) is 4.51. The van der Waals surface area contributed by atoms with Gasteiger partial charge in [0.2, 0.25) is 6.41 Å². The number of aliphatic hydroxyl groups is 1. The minimum atomic E-state index is -0.208. The summed E-state index contributed by atoms with van der Waals surface area (Å²) in [5.74, 6) is -0.208. The zero-order valence-corrected chi connectivity index (χ0v) is 17.8. The van der Waals surface area contributed by atoms with Gasteiger partial charge in [-0.3, -0.25) is 9.59 Å². The number of aliphatic hydroxyl groups excluding tert-OH is 1. The topological polar surface area (TPSA) is 66.8 Å². The van der Waals surface area contributed by atoms with E-state index in [4.69, 9.17) is 9.84 Å². The molecule has 5 nitrogen and oxygen atoms in total. The molecule has 0 saturated carbocycles. The molecule has 0 rings (SSSR count). The summed E-state index contributed by atoms with van der Waals surface area (Å²) in [6.07, 6.45) is 22.9. The van der Waals surface area contributed by atoms with Gasteiger partial charge in [-0.1, -0.05) is 63.3 Å². The molecule has 28 heavy (non-hydrogen) atoms. The molecule has 1 amide bonds. The quantitative estimate of drug-likeness (QED) is 0.139. The number of hydrogen-bond donors (Lipinski definition) is 1. The molecule has 0 bridgehead atoms. The second-order valence-corrected chi connectivity index (χ2v) is 7.07. The number of esters is 1. The summed E-state index contributed by atoms with van der Waals surface area (Å²) in [4.78, 5) is 23.7. The van der Waals surface area contributed by atoms with Crippen LogP contribution in [0.25, 0.3) is 0 Å².